The van der Waals surface area contributed by atoms with Gasteiger partial charge in [0.1, 0.15) is 0 Å². The van der Waals surface area contributed by atoms with E-state index in [9.17, 15) is 4.79 Å². The van der Waals surface area contributed by atoms with Crippen molar-refractivity contribution >= 4 is 5.91 Å². The molecule has 0 aromatic heterocycles. The Labute approximate surface area is 140 Å². The van der Waals surface area contributed by atoms with Crippen LogP contribution in [0.3, 0.4) is 0 Å². The van der Waals surface area contributed by atoms with Crippen LogP contribution in [0.1, 0.15) is 57.7 Å². The van der Waals surface area contributed by atoms with Crippen molar-refractivity contribution in [1.29, 1.82) is 0 Å². The number of hydrogen-bond acceptors (Lipinski definition) is 1. The van der Waals surface area contributed by atoms with E-state index in [1.807, 2.05) is 0 Å². The van der Waals surface area contributed by atoms with Crippen LogP contribution < -0.4 is 0 Å². The Morgan fingerprint density at radius 2 is 1.96 bits per heavy atom. The molecule has 1 saturated carbocycles. The average molecular weight is 311 g/mol. The second-order valence-corrected chi connectivity index (χ2v) is 8.12. The number of carbonyl (C=O) groups excluding carboxylic acids is 1. The van der Waals surface area contributed by atoms with Gasteiger partial charge in [-0.15, -0.1) is 0 Å². The van der Waals surface area contributed by atoms with Crippen molar-refractivity contribution in [3.63, 3.8) is 0 Å². The van der Waals surface area contributed by atoms with Crippen LogP contribution in [0.4, 0.5) is 0 Å². The molecular weight excluding hydrogens is 282 g/mol. The number of amides is 1. The zero-order valence-corrected chi connectivity index (χ0v) is 15.1. The lowest BCUT2D eigenvalue weighted by Gasteiger charge is -2.27. The number of aryl methyl sites for hydroxylation is 1. The third-order valence-electron chi connectivity index (χ3n) is 5.77. The van der Waals surface area contributed by atoms with E-state index in [0.717, 1.165) is 19.4 Å². The fourth-order valence-corrected chi connectivity index (χ4v) is 4.31. The van der Waals surface area contributed by atoms with Crippen LogP contribution in [0.2, 0.25) is 0 Å². The molecule has 1 heterocycles. The van der Waals surface area contributed by atoms with Crippen LogP contribution in [0.15, 0.2) is 35.9 Å². The molecular formula is C21H29NO. The lowest BCUT2D eigenvalue weighted by atomic mass is 9.99. The largest absolute Gasteiger partial charge is 0.335 e. The molecule has 2 aliphatic rings. The molecule has 1 aromatic rings. The van der Waals surface area contributed by atoms with Crippen molar-refractivity contribution in [1.82, 2.24) is 4.90 Å². The lowest BCUT2D eigenvalue weighted by molar-refractivity contribution is -0.134. The van der Waals surface area contributed by atoms with Gasteiger partial charge in [0, 0.05) is 6.54 Å². The van der Waals surface area contributed by atoms with Crippen LogP contribution in [0.5, 0.6) is 0 Å². The molecule has 3 rings (SSSR count). The molecule has 3 atom stereocenters. The first-order valence-electron chi connectivity index (χ1n) is 8.85. The van der Waals surface area contributed by atoms with Crippen molar-refractivity contribution in [2.45, 2.75) is 53.5 Å². The SMILES string of the molecule is CC(C)=CC1C(C(=O)N2CCCC2c2ccccc2C)C1(C)C. The summed E-state index contributed by atoms with van der Waals surface area (Å²) >= 11 is 0. The van der Waals surface area contributed by atoms with Gasteiger partial charge in [-0.1, -0.05) is 49.8 Å². The minimum atomic E-state index is 0.104. The number of benzene rings is 1. The van der Waals surface area contributed by atoms with E-state index in [-0.39, 0.29) is 17.4 Å². The summed E-state index contributed by atoms with van der Waals surface area (Å²) in [6, 6.07) is 8.79. The molecule has 0 spiro atoms. The predicted molar refractivity (Wildman–Crippen MR) is 95.1 cm³/mol. The molecule has 0 bridgehead atoms. The zero-order chi connectivity index (χ0) is 16.8. The van der Waals surface area contributed by atoms with E-state index in [1.54, 1.807) is 0 Å². The first-order valence-corrected chi connectivity index (χ1v) is 8.85. The smallest absolute Gasteiger partial charge is 0.227 e. The summed E-state index contributed by atoms with van der Waals surface area (Å²) in [6.45, 7) is 11.8. The summed E-state index contributed by atoms with van der Waals surface area (Å²) in [6.07, 6.45) is 4.50. The molecule has 0 N–H and O–H groups in total. The summed E-state index contributed by atoms with van der Waals surface area (Å²) in [4.78, 5) is 15.4. The second kappa shape index (κ2) is 5.81. The maximum Gasteiger partial charge on any atom is 0.227 e. The summed E-state index contributed by atoms with van der Waals surface area (Å²) in [5, 5.41) is 0. The predicted octanol–water partition coefficient (Wildman–Crippen LogP) is 4.90. The molecule has 124 valence electrons. The highest BCUT2D eigenvalue weighted by Crippen LogP contribution is 2.60. The van der Waals surface area contributed by atoms with Gasteiger partial charge in [0.05, 0.1) is 12.0 Å². The number of carbonyl (C=O) groups is 1. The second-order valence-electron chi connectivity index (χ2n) is 8.12. The maximum atomic E-state index is 13.2. The normalized spacial score (nSPS) is 28.6. The topological polar surface area (TPSA) is 20.3 Å². The molecule has 1 aliphatic carbocycles. The van der Waals surface area contributed by atoms with E-state index in [4.69, 9.17) is 0 Å². The van der Waals surface area contributed by atoms with Crippen molar-refractivity contribution < 1.29 is 4.79 Å². The van der Waals surface area contributed by atoms with E-state index < -0.39 is 0 Å². The molecule has 2 nitrogen and oxygen atoms in total. The van der Waals surface area contributed by atoms with Gasteiger partial charge < -0.3 is 4.90 Å². The molecule has 1 aliphatic heterocycles. The molecule has 1 saturated heterocycles. The van der Waals surface area contributed by atoms with Gasteiger partial charge >= 0.3 is 0 Å². The van der Waals surface area contributed by atoms with Crippen molar-refractivity contribution in [3.05, 3.63) is 47.0 Å². The first kappa shape index (κ1) is 16.3. The van der Waals surface area contributed by atoms with Crippen LogP contribution in [-0.2, 0) is 4.79 Å². The summed E-state index contributed by atoms with van der Waals surface area (Å²) in [5.41, 5.74) is 4.05. The molecule has 0 radical (unpaired) electrons. The Hall–Kier alpha value is -1.57. The third-order valence-corrected chi connectivity index (χ3v) is 5.77. The highest BCUT2D eigenvalue weighted by molar-refractivity contribution is 5.84. The van der Waals surface area contributed by atoms with E-state index in [0.29, 0.717) is 11.8 Å². The van der Waals surface area contributed by atoms with Gasteiger partial charge in [0.2, 0.25) is 5.91 Å². The Bertz CT molecular complexity index is 639. The number of nitrogens with zero attached hydrogens (tertiary/aromatic N) is 1. The van der Waals surface area contributed by atoms with Crippen LogP contribution in [0, 0.1) is 24.2 Å². The number of allylic oxidation sites excluding steroid dienone is 2. The molecule has 1 amide bonds. The highest BCUT2D eigenvalue weighted by Gasteiger charge is 2.61. The Morgan fingerprint density at radius 1 is 1.26 bits per heavy atom. The first-order chi connectivity index (χ1) is 10.8. The van der Waals surface area contributed by atoms with E-state index in [1.165, 1.54) is 16.7 Å². The molecule has 2 heteroatoms. The maximum absolute atomic E-state index is 13.2. The molecule has 1 aromatic carbocycles. The molecule has 2 fully saturated rings. The third kappa shape index (κ3) is 2.84. The number of hydrogen-bond donors (Lipinski definition) is 0. The fraction of sp³-hybridized carbons (Fsp3) is 0.571. The van der Waals surface area contributed by atoms with Crippen LogP contribution >= 0.6 is 0 Å². The number of likely N-dealkylation sites (tertiary alicyclic amines) is 1. The van der Waals surface area contributed by atoms with Gasteiger partial charge in [-0.25, -0.2) is 0 Å². The van der Waals surface area contributed by atoms with Crippen LogP contribution in [0.25, 0.3) is 0 Å². The minimum Gasteiger partial charge on any atom is -0.335 e. The van der Waals surface area contributed by atoms with Crippen molar-refractivity contribution in [3.8, 4) is 0 Å². The summed E-state index contributed by atoms with van der Waals surface area (Å²) < 4.78 is 0. The van der Waals surface area contributed by atoms with Gasteiger partial charge in [-0.3, -0.25) is 4.79 Å². The monoisotopic (exact) mass is 311 g/mol. The highest BCUT2D eigenvalue weighted by atomic mass is 16.2. The minimum absolute atomic E-state index is 0.104. The van der Waals surface area contributed by atoms with Gasteiger partial charge in [-0.2, -0.15) is 0 Å². The Balaban J connectivity index is 1.83. The fourth-order valence-electron chi connectivity index (χ4n) is 4.31. The van der Waals surface area contributed by atoms with E-state index >= 15 is 0 Å². The quantitative estimate of drug-likeness (QED) is 0.727. The summed E-state index contributed by atoms with van der Waals surface area (Å²) in [7, 11) is 0. The van der Waals surface area contributed by atoms with Gasteiger partial charge in [0.25, 0.3) is 0 Å². The zero-order valence-electron chi connectivity index (χ0n) is 15.1. The van der Waals surface area contributed by atoms with Crippen LogP contribution in [-0.4, -0.2) is 17.4 Å². The average Bonchev–Trinajstić information content (AvgIpc) is 2.86. The van der Waals surface area contributed by atoms with Crippen molar-refractivity contribution in [2.75, 3.05) is 6.54 Å². The Kier molecular flexibility index (Phi) is 4.12. The summed E-state index contributed by atoms with van der Waals surface area (Å²) in [5.74, 6) is 0.920. The Morgan fingerprint density at radius 3 is 2.61 bits per heavy atom. The molecule has 3 unspecified atom stereocenters. The number of rotatable bonds is 3. The van der Waals surface area contributed by atoms with Gasteiger partial charge in [-0.05, 0) is 56.1 Å². The molecule has 23 heavy (non-hydrogen) atoms. The van der Waals surface area contributed by atoms with Crippen molar-refractivity contribution in [2.24, 2.45) is 17.3 Å². The van der Waals surface area contributed by atoms with E-state index in [2.05, 4.69) is 69.9 Å². The lowest BCUT2D eigenvalue weighted by Crippen LogP contribution is -2.33. The standard InChI is InChI=1S/C21H29NO/c1-14(2)13-17-19(21(17,4)5)20(23)22-12-8-11-18(22)16-10-7-6-9-15(16)3/h6-7,9-10,13,17-19H,8,11-12H2,1-5H3. The van der Waals surface area contributed by atoms with Gasteiger partial charge in [0.15, 0.2) is 0 Å².